The lowest BCUT2D eigenvalue weighted by Gasteiger charge is -2.24. The summed E-state index contributed by atoms with van der Waals surface area (Å²) in [6.07, 6.45) is 0.676. The van der Waals surface area contributed by atoms with Gasteiger partial charge in [0.1, 0.15) is 0 Å². The van der Waals surface area contributed by atoms with Crippen molar-refractivity contribution in [2.24, 2.45) is 10.8 Å². The third-order valence-corrected chi connectivity index (χ3v) is 1.42. The number of hydrogen-bond donors (Lipinski definition) is 0. The first-order valence-electron chi connectivity index (χ1n) is 5.19. The second-order valence-electron chi connectivity index (χ2n) is 6.19. The van der Waals surface area contributed by atoms with Gasteiger partial charge in [0.25, 0.3) is 0 Å². The molecule has 0 aromatic carbocycles. The van der Waals surface area contributed by atoms with Crippen LogP contribution in [-0.2, 0) is 9.47 Å². The second-order valence-corrected chi connectivity index (χ2v) is 6.19. The standard InChI is InChI=1S/C12H25O2/c1-10(13-8-11(2,3)4)14-9-12(5,6)7/h8-9H2,1-7H3. The minimum absolute atomic E-state index is 0.187. The quantitative estimate of drug-likeness (QED) is 0.691. The molecule has 2 heteroatoms. The highest BCUT2D eigenvalue weighted by Crippen LogP contribution is 2.19. The Morgan fingerprint density at radius 2 is 1.07 bits per heavy atom. The lowest BCUT2D eigenvalue weighted by Crippen LogP contribution is -2.21. The Balaban J connectivity index is 3.62. The lowest BCUT2D eigenvalue weighted by molar-refractivity contribution is -0.0755. The van der Waals surface area contributed by atoms with Crippen LogP contribution in [0.25, 0.3) is 0 Å². The topological polar surface area (TPSA) is 18.5 Å². The van der Waals surface area contributed by atoms with Gasteiger partial charge in [0.2, 0.25) is 6.29 Å². The van der Waals surface area contributed by atoms with Crippen molar-refractivity contribution in [2.45, 2.75) is 48.5 Å². The first kappa shape index (κ1) is 13.9. The fourth-order valence-electron chi connectivity index (χ4n) is 0.678. The normalized spacial score (nSPS) is 13.7. The van der Waals surface area contributed by atoms with Crippen LogP contribution in [0.1, 0.15) is 48.5 Å². The van der Waals surface area contributed by atoms with E-state index in [1.54, 1.807) is 0 Å². The maximum atomic E-state index is 5.50. The van der Waals surface area contributed by atoms with E-state index in [2.05, 4.69) is 41.5 Å². The molecule has 1 radical (unpaired) electrons. The number of ether oxygens (including phenoxy) is 2. The van der Waals surface area contributed by atoms with Crippen molar-refractivity contribution < 1.29 is 9.47 Å². The highest BCUT2D eigenvalue weighted by molar-refractivity contribution is 4.66. The van der Waals surface area contributed by atoms with Crippen molar-refractivity contribution in [1.29, 1.82) is 0 Å². The van der Waals surface area contributed by atoms with Gasteiger partial charge in [-0.2, -0.15) is 0 Å². The Kier molecular flexibility index (Phi) is 5.10. The van der Waals surface area contributed by atoms with Crippen molar-refractivity contribution in [1.82, 2.24) is 0 Å². The zero-order chi connectivity index (χ0) is 11.4. The van der Waals surface area contributed by atoms with E-state index in [0.717, 1.165) is 0 Å². The molecule has 0 aliphatic carbocycles. The van der Waals surface area contributed by atoms with Crippen LogP contribution in [0.15, 0.2) is 0 Å². The largest absolute Gasteiger partial charge is 0.345 e. The monoisotopic (exact) mass is 201 g/mol. The molecular formula is C12H25O2. The summed E-state index contributed by atoms with van der Waals surface area (Å²) in [5.74, 6) is 0. The molecule has 0 heterocycles. The Hall–Kier alpha value is -0.0800. The Morgan fingerprint density at radius 1 is 0.786 bits per heavy atom. The van der Waals surface area contributed by atoms with Crippen molar-refractivity contribution in [3.05, 3.63) is 6.29 Å². The zero-order valence-corrected chi connectivity index (χ0v) is 10.7. The smallest absolute Gasteiger partial charge is 0.220 e. The molecule has 0 spiro atoms. The van der Waals surface area contributed by atoms with Gasteiger partial charge in [-0.15, -0.1) is 0 Å². The minimum atomic E-state index is 0.187. The van der Waals surface area contributed by atoms with E-state index in [9.17, 15) is 0 Å². The fraction of sp³-hybridized carbons (Fsp3) is 0.917. The highest BCUT2D eigenvalue weighted by atomic mass is 16.7. The van der Waals surface area contributed by atoms with Gasteiger partial charge in [0.15, 0.2) is 0 Å². The molecule has 0 aromatic rings. The van der Waals surface area contributed by atoms with Gasteiger partial charge in [-0.05, 0) is 17.8 Å². The summed E-state index contributed by atoms with van der Waals surface area (Å²) in [6.45, 7) is 16.1. The van der Waals surface area contributed by atoms with Crippen LogP contribution in [0.5, 0.6) is 0 Å². The van der Waals surface area contributed by atoms with E-state index in [4.69, 9.17) is 9.47 Å². The third-order valence-electron chi connectivity index (χ3n) is 1.42. The maximum Gasteiger partial charge on any atom is 0.220 e. The van der Waals surface area contributed by atoms with Crippen LogP contribution < -0.4 is 0 Å². The molecule has 0 saturated carbocycles. The maximum absolute atomic E-state index is 5.50. The molecule has 0 rings (SSSR count). The van der Waals surface area contributed by atoms with Crippen molar-refractivity contribution in [3.8, 4) is 0 Å². The highest BCUT2D eigenvalue weighted by Gasteiger charge is 2.17. The Labute approximate surface area is 89.0 Å². The minimum Gasteiger partial charge on any atom is -0.345 e. The van der Waals surface area contributed by atoms with Crippen LogP contribution in [0.2, 0.25) is 0 Å². The zero-order valence-electron chi connectivity index (χ0n) is 10.7. The molecule has 0 amide bonds. The average Bonchev–Trinajstić information content (AvgIpc) is 1.94. The lowest BCUT2D eigenvalue weighted by atomic mass is 9.98. The van der Waals surface area contributed by atoms with E-state index in [-0.39, 0.29) is 10.8 Å². The third kappa shape index (κ3) is 10.0. The van der Waals surface area contributed by atoms with E-state index in [1.807, 2.05) is 6.92 Å². The van der Waals surface area contributed by atoms with Gasteiger partial charge in [0, 0.05) is 0 Å². The molecule has 0 bridgehead atoms. The Bertz CT molecular complexity index is 133. The molecule has 0 unspecified atom stereocenters. The van der Waals surface area contributed by atoms with Crippen LogP contribution in [0.3, 0.4) is 0 Å². The first-order valence-corrected chi connectivity index (χ1v) is 5.19. The summed E-state index contributed by atoms with van der Waals surface area (Å²) in [5, 5.41) is 0. The molecule has 0 aromatic heterocycles. The number of rotatable bonds is 4. The van der Waals surface area contributed by atoms with Crippen LogP contribution >= 0.6 is 0 Å². The molecule has 0 aliphatic heterocycles. The van der Waals surface area contributed by atoms with Crippen molar-refractivity contribution in [3.63, 3.8) is 0 Å². The van der Waals surface area contributed by atoms with Crippen LogP contribution in [-0.4, -0.2) is 13.2 Å². The molecule has 0 N–H and O–H groups in total. The van der Waals surface area contributed by atoms with Gasteiger partial charge >= 0.3 is 0 Å². The summed E-state index contributed by atoms with van der Waals surface area (Å²) in [4.78, 5) is 0. The summed E-state index contributed by atoms with van der Waals surface area (Å²) >= 11 is 0. The molecule has 0 atom stereocenters. The van der Waals surface area contributed by atoms with Crippen LogP contribution in [0, 0.1) is 17.1 Å². The van der Waals surface area contributed by atoms with Crippen molar-refractivity contribution in [2.75, 3.05) is 13.2 Å². The van der Waals surface area contributed by atoms with Gasteiger partial charge < -0.3 is 9.47 Å². The van der Waals surface area contributed by atoms with Crippen molar-refractivity contribution >= 4 is 0 Å². The predicted molar refractivity (Wildman–Crippen MR) is 59.7 cm³/mol. The van der Waals surface area contributed by atoms with E-state index < -0.39 is 0 Å². The molecule has 0 aliphatic rings. The second kappa shape index (κ2) is 5.13. The molecule has 14 heavy (non-hydrogen) atoms. The molecule has 0 saturated heterocycles. The van der Waals surface area contributed by atoms with Crippen LogP contribution in [0.4, 0.5) is 0 Å². The Morgan fingerprint density at radius 3 is 1.29 bits per heavy atom. The van der Waals surface area contributed by atoms with E-state index in [0.29, 0.717) is 19.5 Å². The average molecular weight is 201 g/mol. The molecule has 85 valence electrons. The summed E-state index contributed by atoms with van der Waals surface area (Å²) in [5.41, 5.74) is 0.374. The number of hydrogen-bond acceptors (Lipinski definition) is 2. The molecular weight excluding hydrogens is 176 g/mol. The SMILES string of the molecule is C[C](OCC(C)(C)C)OCC(C)(C)C. The van der Waals surface area contributed by atoms with Gasteiger partial charge in [0.05, 0.1) is 13.2 Å². The van der Waals surface area contributed by atoms with Gasteiger partial charge in [-0.3, -0.25) is 0 Å². The summed E-state index contributed by atoms with van der Waals surface area (Å²) < 4.78 is 11.0. The van der Waals surface area contributed by atoms with E-state index in [1.165, 1.54) is 0 Å². The van der Waals surface area contributed by atoms with Gasteiger partial charge in [-0.1, -0.05) is 41.5 Å². The van der Waals surface area contributed by atoms with E-state index >= 15 is 0 Å². The molecule has 2 nitrogen and oxygen atoms in total. The predicted octanol–water partition coefficient (Wildman–Crippen LogP) is 3.62. The summed E-state index contributed by atoms with van der Waals surface area (Å²) in [6, 6.07) is 0. The first-order chi connectivity index (χ1) is 6.10. The van der Waals surface area contributed by atoms with Gasteiger partial charge in [-0.25, -0.2) is 0 Å². The summed E-state index contributed by atoms with van der Waals surface area (Å²) in [7, 11) is 0. The fourth-order valence-corrected chi connectivity index (χ4v) is 0.678. The molecule has 0 fully saturated rings.